The number of aromatic nitrogens is 2. The van der Waals surface area contributed by atoms with Crippen LogP contribution in [0.1, 0.15) is 38.3 Å². The molecule has 7 rings (SSSR count). The zero-order chi connectivity index (χ0) is 24.6. The van der Waals surface area contributed by atoms with E-state index >= 15 is 0 Å². The molecule has 2 aromatic heterocycles. The molecule has 4 N–H and O–H groups in total. The summed E-state index contributed by atoms with van der Waals surface area (Å²) in [6.07, 6.45) is 2.02. The molecular weight excluding hydrogens is 456 g/mol. The van der Waals surface area contributed by atoms with Gasteiger partial charge in [-0.2, -0.15) is 0 Å². The molecular formula is C28H26N4O4. The molecule has 2 aliphatic heterocycles. The van der Waals surface area contributed by atoms with Gasteiger partial charge in [0.05, 0.1) is 40.9 Å². The minimum Gasteiger partial charge on any atom is -0.395 e. The van der Waals surface area contributed by atoms with Crippen molar-refractivity contribution in [2.45, 2.75) is 25.9 Å². The largest absolute Gasteiger partial charge is 0.395 e. The van der Waals surface area contributed by atoms with Crippen molar-refractivity contribution < 1.29 is 19.8 Å². The number of rotatable bonds is 6. The van der Waals surface area contributed by atoms with Gasteiger partial charge >= 0.3 is 0 Å². The molecule has 36 heavy (non-hydrogen) atoms. The summed E-state index contributed by atoms with van der Waals surface area (Å²) in [5.74, 6) is -0.684. The predicted octanol–water partition coefficient (Wildman–Crippen LogP) is 3.05. The number of nitrogens with one attached hydrogen (secondary N) is 2. The summed E-state index contributed by atoms with van der Waals surface area (Å²) in [7, 11) is 0. The number of imide groups is 1. The smallest absolute Gasteiger partial charge is 0.259 e. The molecule has 182 valence electrons. The Morgan fingerprint density at radius 2 is 1.69 bits per heavy atom. The van der Waals surface area contributed by atoms with Crippen molar-refractivity contribution >= 4 is 55.4 Å². The van der Waals surface area contributed by atoms with Gasteiger partial charge in [0.15, 0.2) is 0 Å². The first-order chi connectivity index (χ1) is 17.6. The first kappa shape index (κ1) is 21.6. The number of H-pyrrole nitrogens is 1. The van der Waals surface area contributed by atoms with E-state index in [2.05, 4.69) is 33.1 Å². The summed E-state index contributed by atoms with van der Waals surface area (Å²) in [6, 6.07) is 12.3. The Labute approximate surface area is 206 Å². The summed E-state index contributed by atoms with van der Waals surface area (Å²) in [5, 5.41) is 24.9. The number of aryl methyl sites for hydroxylation is 2. The van der Waals surface area contributed by atoms with Gasteiger partial charge in [0, 0.05) is 53.2 Å². The minimum atomic E-state index is -0.351. The normalized spacial score (nSPS) is 15.2. The number of hydrogen-bond donors (Lipinski definition) is 4. The summed E-state index contributed by atoms with van der Waals surface area (Å²) >= 11 is 0. The van der Waals surface area contributed by atoms with Crippen molar-refractivity contribution in [1.82, 2.24) is 19.8 Å². The topological polar surface area (TPSA) is 111 Å². The van der Waals surface area contributed by atoms with Gasteiger partial charge in [-0.3, -0.25) is 19.8 Å². The Kier molecular flexibility index (Phi) is 4.73. The first-order valence-corrected chi connectivity index (χ1v) is 12.4. The van der Waals surface area contributed by atoms with E-state index in [-0.39, 0.29) is 25.0 Å². The lowest BCUT2D eigenvalue weighted by Gasteiger charge is -2.20. The van der Waals surface area contributed by atoms with Crippen molar-refractivity contribution in [3.05, 3.63) is 58.7 Å². The SMILES string of the molecule is O=C1NC(=O)c2c1c1c3ccc(CN(CCO)CCO)cc3[nH]c1c1c2c2cccc3c2n1CCC3. The van der Waals surface area contributed by atoms with E-state index in [1.54, 1.807) is 0 Å². The van der Waals surface area contributed by atoms with Gasteiger partial charge in [-0.05, 0) is 30.0 Å². The quantitative estimate of drug-likeness (QED) is 0.278. The van der Waals surface area contributed by atoms with Crippen LogP contribution in [0, 0.1) is 0 Å². The average molecular weight is 483 g/mol. The number of benzene rings is 3. The molecule has 0 unspecified atom stereocenters. The Bertz CT molecular complexity index is 1740. The van der Waals surface area contributed by atoms with Gasteiger partial charge in [-0.25, -0.2) is 0 Å². The Morgan fingerprint density at radius 3 is 2.47 bits per heavy atom. The van der Waals surface area contributed by atoms with Gasteiger partial charge in [0.2, 0.25) is 0 Å². The number of para-hydroxylation sites is 1. The summed E-state index contributed by atoms with van der Waals surface area (Å²) < 4.78 is 2.32. The third-order valence-corrected chi connectivity index (χ3v) is 7.76. The van der Waals surface area contributed by atoms with Crippen molar-refractivity contribution in [2.24, 2.45) is 0 Å². The number of aliphatic hydroxyl groups is 2. The molecule has 0 fully saturated rings. The van der Waals surface area contributed by atoms with E-state index in [9.17, 15) is 19.8 Å². The fourth-order valence-electron chi connectivity index (χ4n) is 6.38. The van der Waals surface area contributed by atoms with E-state index in [0.29, 0.717) is 30.8 Å². The maximum Gasteiger partial charge on any atom is 0.259 e. The molecule has 0 bridgehead atoms. The molecule has 3 aromatic carbocycles. The first-order valence-electron chi connectivity index (χ1n) is 12.4. The number of hydrogen-bond acceptors (Lipinski definition) is 5. The van der Waals surface area contributed by atoms with Crippen LogP contribution in [0.15, 0.2) is 36.4 Å². The number of aromatic amines is 1. The molecule has 0 saturated heterocycles. The van der Waals surface area contributed by atoms with Crippen LogP contribution in [0.4, 0.5) is 0 Å². The molecule has 0 spiro atoms. The minimum absolute atomic E-state index is 0.0223. The van der Waals surface area contributed by atoms with Crippen molar-refractivity contribution in [3.63, 3.8) is 0 Å². The van der Waals surface area contributed by atoms with Gasteiger partial charge in [0.1, 0.15) is 0 Å². The van der Waals surface area contributed by atoms with Crippen molar-refractivity contribution in [2.75, 3.05) is 26.3 Å². The maximum absolute atomic E-state index is 13.1. The van der Waals surface area contributed by atoms with Crippen LogP contribution in [-0.2, 0) is 19.5 Å². The van der Waals surface area contributed by atoms with Crippen LogP contribution >= 0.6 is 0 Å². The number of aliphatic hydroxyl groups excluding tert-OH is 2. The van der Waals surface area contributed by atoms with Crippen LogP contribution in [0.25, 0.3) is 43.6 Å². The molecule has 8 heteroatoms. The van der Waals surface area contributed by atoms with Crippen molar-refractivity contribution in [3.8, 4) is 0 Å². The average Bonchev–Trinajstić information content (AvgIpc) is 3.50. The van der Waals surface area contributed by atoms with Crippen LogP contribution in [0.5, 0.6) is 0 Å². The monoisotopic (exact) mass is 482 g/mol. The third kappa shape index (κ3) is 2.86. The molecule has 2 aliphatic rings. The lowest BCUT2D eigenvalue weighted by Crippen LogP contribution is -2.29. The predicted molar refractivity (Wildman–Crippen MR) is 138 cm³/mol. The van der Waals surface area contributed by atoms with E-state index in [1.165, 1.54) is 5.56 Å². The molecule has 4 heterocycles. The number of fused-ring (bicyclic) bond motifs is 10. The second-order valence-corrected chi connectivity index (χ2v) is 9.80. The highest BCUT2D eigenvalue weighted by atomic mass is 16.3. The molecule has 0 atom stereocenters. The Hall–Kier alpha value is -3.72. The van der Waals surface area contributed by atoms with Crippen LogP contribution in [-0.4, -0.2) is 62.8 Å². The Balaban J connectivity index is 1.56. The molecule has 0 aliphatic carbocycles. The number of amides is 2. The molecule has 2 amide bonds. The highest BCUT2D eigenvalue weighted by Gasteiger charge is 2.36. The lowest BCUT2D eigenvalue weighted by atomic mass is 9.96. The molecule has 0 radical (unpaired) electrons. The van der Waals surface area contributed by atoms with Gasteiger partial charge in [-0.1, -0.05) is 30.3 Å². The molecule has 8 nitrogen and oxygen atoms in total. The standard InChI is InChI=1S/C28H26N4O4/c33-11-9-31(10-12-34)14-15-6-7-17-19(13-15)29-24-20(17)22-23(28(36)30-27(22)35)21-18-5-1-3-16-4-2-8-32(25(16)18)26(21)24/h1,3,5-7,13,29,33-34H,2,4,8-12,14H2,(H,30,35,36). The zero-order valence-electron chi connectivity index (χ0n) is 19.7. The van der Waals surface area contributed by atoms with E-state index in [4.69, 9.17) is 0 Å². The van der Waals surface area contributed by atoms with Gasteiger partial charge < -0.3 is 19.8 Å². The van der Waals surface area contributed by atoms with Crippen LogP contribution < -0.4 is 5.32 Å². The fraction of sp³-hybridized carbons (Fsp3) is 0.286. The molecule has 0 saturated carbocycles. The van der Waals surface area contributed by atoms with E-state index < -0.39 is 0 Å². The lowest BCUT2D eigenvalue weighted by molar-refractivity contribution is 0.0880. The van der Waals surface area contributed by atoms with E-state index in [0.717, 1.165) is 68.6 Å². The van der Waals surface area contributed by atoms with Crippen LogP contribution in [0.3, 0.4) is 0 Å². The summed E-state index contributed by atoms with van der Waals surface area (Å²) in [5.41, 5.74) is 7.15. The van der Waals surface area contributed by atoms with E-state index in [1.807, 2.05) is 23.1 Å². The Morgan fingerprint density at radius 1 is 0.917 bits per heavy atom. The third-order valence-electron chi connectivity index (χ3n) is 7.76. The second-order valence-electron chi connectivity index (χ2n) is 9.80. The maximum atomic E-state index is 13.1. The highest BCUT2D eigenvalue weighted by Crippen LogP contribution is 2.45. The zero-order valence-corrected chi connectivity index (χ0v) is 19.7. The summed E-state index contributed by atoms with van der Waals surface area (Å²) in [6.45, 7) is 2.44. The number of carbonyl (C=O) groups excluding carboxylic acids is 2. The van der Waals surface area contributed by atoms with Crippen molar-refractivity contribution in [1.29, 1.82) is 0 Å². The number of nitrogens with zero attached hydrogens (tertiary/aromatic N) is 2. The highest BCUT2D eigenvalue weighted by molar-refractivity contribution is 6.39. The fourth-order valence-corrected chi connectivity index (χ4v) is 6.38. The second kappa shape index (κ2) is 7.89. The van der Waals surface area contributed by atoms with Gasteiger partial charge in [0.25, 0.3) is 11.8 Å². The van der Waals surface area contributed by atoms with Crippen LogP contribution in [0.2, 0.25) is 0 Å². The number of carbonyl (C=O) groups is 2. The summed E-state index contributed by atoms with van der Waals surface area (Å²) in [4.78, 5) is 31.9. The van der Waals surface area contributed by atoms with Gasteiger partial charge in [-0.15, -0.1) is 0 Å². The molecule has 5 aromatic rings.